The summed E-state index contributed by atoms with van der Waals surface area (Å²) < 4.78 is 27.9. The van der Waals surface area contributed by atoms with Gasteiger partial charge in [-0.15, -0.1) is 0 Å². The van der Waals surface area contributed by atoms with E-state index in [4.69, 9.17) is 19.8 Å². The number of non-ortho nitro benzene ring substituents is 1. The first-order valence-electron chi connectivity index (χ1n) is 9.18. The summed E-state index contributed by atoms with van der Waals surface area (Å²) in [5.74, 6) is -3.65. The molecule has 2 aromatic rings. The van der Waals surface area contributed by atoms with Crippen molar-refractivity contribution in [3.63, 3.8) is 0 Å². The van der Waals surface area contributed by atoms with Crippen LogP contribution in [0, 0.1) is 10.1 Å². The number of hydrogen-bond acceptors (Lipinski definition) is 7. The Hall–Kier alpha value is -2.87. The van der Waals surface area contributed by atoms with Crippen molar-refractivity contribution in [2.45, 2.75) is 11.4 Å². The van der Waals surface area contributed by atoms with Gasteiger partial charge in [-0.05, 0) is 29.8 Å². The number of halogens is 1. The van der Waals surface area contributed by atoms with E-state index in [9.17, 15) is 18.5 Å². The van der Waals surface area contributed by atoms with Crippen molar-refractivity contribution < 1.29 is 33.1 Å². The number of nitro groups is 1. The molecule has 1 fully saturated rings. The van der Waals surface area contributed by atoms with Crippen LogP contribution >= 0.6 is 15.9 Å². The maximum absolute atomic E-state index is 12.7. The van der Waals surface area contributed by atoms with Gasteiger partial charge < -0.3 is 10.2 Å². The lowest BCUT2D eigenvalue weighted by atomic mass is 10.2. The Kier molecular flexibility index (Phi) is 8.83. The van der Waals surface area contributed by atoms with Gasteiger partial charge in [-0.2, -0.15) is 4.31 Å². The fraction of sp³-hybridized carbons (Fsp3) is 0.263. The van der Waals surface area contributed by atoms with Gasteiger partial charge in [0.2, 0.25) is 10.0 Å². The summed E-state index contributed by atoms with van der Waals surface area (Å²) in [4.78, 5) is 30.7. The third-order valence-electron chi connectivity index (χ3n) is 4.52. The highest BCUT2D eigenvalue weighted by Gasteiger charge is 2.28. The second-order valence-corrected chi connectivity index (χ2v) is 9.52. The van der Waals surface area contributed by atoms with Crippen LogP contribution in [0.2, 0.25) is 0 Å². The van der Waals surface area contributed by atoms with Gasteiger partial charge in [-0.1, -0.05) is 28.1 Å². The first kappa shape index (κ1) is 25.4. The molecule has 0 amide bonds. The topological polar surface area (TPSA) is 158 Å². The lowest BCUT2D eigenvalue weighted by Gasteiger charge is -2.34. The number of piperazine rings is 1. The highest BCUT2D eigenvalue weighted by Crippen LogP contribution is 2.21. The molecule has 0 aliphatic carbocycles. The summed E-state index contributed by atoms with van der Waals surface area (Å²) >= 11 is 3.41. The van der Waals surface area contributed by atoms with E-state index < -0.39 is 26.9 Å². The molecule has 0 spiro atoms. The fourth-order valence-electron chi connectivity index (χ4n) is 2.86. The van der Waals surface area contributed by atoms with E-state index in [-0.39, 0.29) is 10.6 Å². The number of hydrogen-bond donors (Lipinski definition) is 2. The Morgan fingerprint density at radius 2 is 1.44 bits per heavy atom. The van der Waals surface area contributed by atoms with E-state index in [0.717, 1.165) is 11.0 Å². The van der Waals surface area contributed by atoms with Crippen LogP contribution < -0.4 is 0 Å². The van der Waals surface area contributed by atoms with Gasteiger partial charge in [0.15, 0.2) is 0 Å². The molecule has 0 unspecified atom stereocenters. The second-order valence-electron chi connectivity index (χ2n) is 6.67. The fourth-order valence-corrected chi connectivity index (χ4v) is 4.55. The van der Waals surface area contributed by atoms with Crippen LogP contribution in [0.5, 0.6) is 0 Å². The van der Waals surface area contributed by atoms with Crippen LogP contribution in [-0.4, -0.2) is 70.9 Å². The van der Waals surface area contributed by atoms with Crippen molar-refractivity contribution >= 4 is 43.6 Å². The molecule has 0 aromatic heterocycles. The minimum Gasteiger partial charge on any atom is -0.473 e. The van der Waals surface area contributed by atoms with Crippen LogP contribution in [0.1, 0.15) is 5.56 Å². The monoisotopic (exact) mass is 529 g/mol. The maximum atomic E-state index is 12.7. The molecule has 2 aromatic carbocycles. The van der Waals surface area contributed by atoms with E-state index in [1.807, 2.05) is 24.3 Å². The number of rotatable bonds is 5. The Bertz CT molecular complexity index is 1050. The minimum atomic E-state index is -3.63. The van der Waals surface area contributed by atoms with E-state index >= 15 is 0 Å². The number of carboxylic acid groups (broad SMARTS) is 2. The molecule has 0 saturated carbocycles. The molecule has 32 heavy (non-hydrogen) atoms. The summed E-state index contributed by atoms with van der Waals surface area (Å²) in [5, 5.41) is 25.5. The van der Waals surface area contributed by atoms with Crippen LogP contribution in [0.3, 0.4) is 0 Å². The number of sulfonamides is 1. The van der Waals surface area contributed by atoms with Crippen molar-refractivity contribution in [3.05, 3.63) is 68.7 Å². The number of nitrogens with zero attached hydrogens (tertiary/aromatic N) is 3. The Labute approximate surface area is 192 Å². The smallest absolute Gasteiger partial charge is 0.414 e. The molecule has 3 rings (SSSR count). The Morgan fingerprint density at radius 1 is 0.938 bits per heavy atom. The van der Waals surface area contributed by atoms with Crippen molar-refractivity contribution in [3.8, 4) is 0 Å². The van der Waals surface area contributed by atoms with Gasteiger partial charge >= 0.3 is 11.9 Å². The lowest BCUT2D eigenvalue weighted by Crippen LogP contribution is -2.48. The summed E-state index contributed by atoms with van der Waals surface area (Å²) in [6.07, 6.45) is 0. The van der Waals surface area contributed by atoms with Gasteiger partial charge in [0, 0.05) is 49.3 Å². The predicted octanol–water partition coefficient (Wildman–Crippen LogP) is 2.02. The number of carboxylic acids is 2. The molecule has 0 radical (unpaired) electrons. The molecule has 1 heterocycles. The molecule has 0 bridgehead atoms. The highest BCUT2D eigenvalue weighted by atomic mass is 79.9. The molecule has 0 atom stereocenters. The van der Waals surface area contributed by atoms with Crippen LogP contribution in [0.4, 0.5) is 5.69 Å². The van der Waals surface area contributed by atoms with Crippen LogP contribution in [0.25, 0.3) is 0 Å². The third-order valence-corrected chi connectivity index (χ3v) is 6.96. The molecule has 2 N–H and O–H groups in total. The zero-order valence-electron chi connectivity index (χ0n) is 16.6. The Morgan fingerprint density at radius 3 is 1.88 bits per heavy atom. The number of aliphatic carboxylic acids is 2. The third kappa shape index (κ3) is 7.09. The van der Waals surface area contributed by atoms with Crippen molar-refractivity contribution in [2.24, 2.45) is 0 Å². The Balaban J connectivity index is 0.000000534. The van der Waals surface area contributed by atoms with Crippen LogP contribution in [0.15, 0.2) is 57.9 Å². The first-order valence-corrected chi connectivity index (χ1v) is 11.4. The van der Waals surface area contributed by atoms with Gasteiger partial charge in [0.25, 0.3) is 5.69 Å². The number of nitro benzene ring substituents is 1. The molecular formula is C19H20BrN3O8S. The molecule has 11 nitrogen and oxygen atoms in total. The largest absolute Gasteiger partial charge is 0.473 e. The summed E-state index contributed by atoms with van der Waals surface area (Å²) in [5.41, 5.74) is 1.06. The van der Waals surface area contributed by atoms with E-state index in [1.165, 1.54) is 34.1 Å². The van der Waals surface area contributed by atoms with Gasteiger partial charge in [0.05, 0.1) is 9.82 Å². The predicted molar refractivity (Wildman–Crippen MR) is 117 cm³/mol. The summed E-state index contributed by atoms with van der Waals surface area (Å²) in [6.45, 7) is 2.86. The van der Waals surface area contributed by atoms with E-state index in [1.54, 1.807) is 0 Å². The maximum Gasteiger partial charge on any atom is 0.414 e. The normalized spacial score (nSPS) is 14.8. The zero-order chi connectivity index (χ0) is 23.9. The molecule has 172 valence electrons. The summed E-state index contributed by atoms with van der Waals surface area (Å²) in [6, 6.07) is 13.1. The minimum absolute atomic E-state index is 0.0875. The molecular weight excluding hydrogens is 510 g/mol. The van der Waals surface area contributed by atoms with Crippen LogP contribution in [-0.2, 0) is 26.2 Å². The average molecular weight is 530 g/mol. The SMILES string of the molecule is O=C(O)C(=O)O.O=[N+]([O-])c1ccc(S(=O)(=O)N2CCN(Cc3ccc(Br)cc3)CC2)cc1. The van der Waals surface area contributed by atoms with E-state index in [2.05, 4.69) is 20.8 Å². The second kappa shape index (κ2) is 11.1. The van der Waals surface area contributed by atoms with Crippen molar-refractivity contribution in [1.29, 1.82) is 0 Å². The molecule has 1 saturated heterocycles. The first-order chi connectivity index (χ1) is 15.0. The van der Waals surface area contributed by atoms with E-state index in [0.29, 0.717) is 26.2 Å². The average Bonchev–Trinajstić information content (AvgIpc) is 2.76. The molecule has 1 aliphatic heterocycles. The van der Waals surface area contributed by atoms with Crippen molar-refractivity contribution in [2.75, 3.05) is 26.2 Å². The summed E-state index contributed by atoms with van der Waals surface area (Å²) in [7, 11) is -3.63. The molecule has 1 aliphatic rings. The molecule has 13 heteroatoms. The highest BCUT2D eigenvalue weighted by molar-refractivity contribution is 9.10. The quantitative estimate of drug-likeness (QED) is 0.335. The van der Waals surface area contributed by atoms with Gasteiger partial charge in [0.1, 0.15) is 0 Å². The van der Waals surface area contributed by atoms with Gasteiger partial charge in [-0.3, -0.25) is 15.0 Å². The lowest BCUT2D eigenvalue weighted by molar-refractivity contribution is -0.384. The standard InChI is InChI=1S/C17H18BrN3O4S.C2H2O4/c18-15-3-1-14(2-4-15)13-19-9-11-20(12-10-19)26(24,25)17-7-5-16(6-8-17)21(22)23;3-1(4)2(5)6/h1-8H,9-13H2;(H,3,4)(H,5,6). The zero-order valence-corrected chi connectivity index (χ0v) is 19.0. The number of carbonyl (C=O) groups is 2. The van der Waals surface area contributed by atoms with Gasteiger partial charge in [-0.25, -0.2) is 18.0 Å². The number of benzene rings is 2. The van der Waals surface area contributed by atoms with Crippen molar-refractivity contribution in [1.82, 2.24) is 9.21 Å².